The Morgan fingerprint density at radius 3 is 2.63 bits per heavy atom. The predicted octanol–water partition coefficient (Wildman–Crippen LogP) is 3.42. The number of nitrogens with zero attached hydrogens (tertiary/aromatic N) is 3. The van der Waals surface area contributed by atoms with E-state index in [1.54, 1.807) is 17.3 Å². The van der Waals surface area contributed by atoms with Gasteiger partial charge >= 0.3 is 0 Å². The second-order valence-electron chi connectivity index (χ2n) is 10.5. The monoisotopic (exact) mass is 550 g/mol. The van der Waals surface area contributed by atoms with E-state index >= 15 is 0 Å². The van der Waals surface area contributed by atoms with Crippen LogP contribution in [0.2, 0.25) is 10.0 Å². The fourth-order valence-electron chi connectivity index (χ4n) is 4.26. The maximum Gasteiger partial charge on any atom is 0.238 e. The van der Waals surface area contributed by atoms with Crippen LogP contribution in [0, 0.1) is 16.7 Å². The molecule has 0 fully saturated rings. The van der Waals surface area contributed by atoms with Crippen LogP contribution >= 0.6 is 23.2 Å². The third-order valence-corrected chi connectivity index (χ3v) is 6.75. The molecule has 3 aromatic rings. The number of hydrogen-bond donors (Lipinski definition) is 5. The molecule has 0 bridgehead atoms. The fourth-order valence-corrected chi connectivity index (χ4v) is 4.85. The van der Waals surface area contributed by atoms with Gasteiger partial charge in [0, 0.05) is 35.0 Å². The highest BCUT2D eigenvalue weighted by molar-refractivity contribution is 6.36. The van der Waals surface area contributed by atoms with Crippen LogP contribution in [0.1, 0.15) is 31.9 Å². The Kier molecular flexibility index (Phi) is 7.65. The zero-order valence-corrected chi connectivity index (χ0v) is 23.1. The molecule has 9 nitrogen and oxygen atoms in total. The molecule has 4 rings (SSSR count). The van der Waals surface area contributed by atoms with Crippen LogP contribution in [0.4, 0.5) is 11.4 Å². The maximum atomic E-state index is 11.5. The van der Waals surface area contributed by atoms with Gasteiger partial charge in [-0.15, -0.1) is 5.53 Å². The number of nitrogens with one attached hydrogen (secondary N) is 4. The molecule has 0 aliphatic carbocycles. The van der Waals surface area contributed by atoms with Crippen molar-refractivity contribution in [3.05, 3.63) is 75.7 Å². The Morgan fingerprint density at radius 1 is 1.24 bits per heavy atom. The van der Waals surface area contributed by atoms with Crippen molar-refractivity contribution in [3.63, 3.8) is 0 Å². The van der Waals surface area contributed by atoms with Crippen molar-refractivity contribution in [2.75, 3.05) is 23.7 Å². The number of aromatic nitrogens is 1. The summed E-state index contributed by atoms with van der Waals surface area (Å²) in [6.45, 7) is 6.96. The third-order valence-electron chi connectivity index (χ3n) is 6.13. The Labute approximate surface area is 232 Å². The van der Waals surface area contributed by atoms with Crippen molar-refractivity contribution in [2.45, 2.75) is 26.2 Å². The molecule has 0 saturated carbocycles. The van der Waals surface area contributed by atoms with Gasteiger partial charge < -0.3 is 21.8 Å². The summed E-state index contributed by atoms with van der Waals surface area (Å²) in [4.78, 5) is 15.9. The smallest absolute Gasteiger partial charge is 0.238 e. The molecule has 6 N–H and O–H groups in total. The summed E-state index contributed by atoms with van der Waals surface area (Å²) in [6, 6.07) is 13.4. The molecule has 0 saturated heterocycles. The van der Waals surface area contributed by atoms with Gasteiger partial charge in [-0.05, 0) is 29.2 Å². The molecule has 0 spiro atoms. The van der Waals surface area contributed by atoms with Crippen LogP contribution in [0.15, 0.2) is 54.5 Å². The highest BCUT2D eigenvalue weighted by Crippen LogP contribution is 2.39. The van der Waals surface area contributed by atoms with Crippen LogP contribution in [-0.4, -0.2) is 36.8 Å². The van der Waals surface area contributed by atoms with Crippen molar-refractivity contribution < 1.29 is 4.79 Å². The van der Waals surface area contributed by atoms with Crippen molar-refractivity contribution in [2.24, 2.45) is 11.1 Å². The minimum absolute atomic E-state index is 0.0188. The van der Waals surface area contributed by atoms with E-state index in [0.29, 0.717) is 50.1 Å². The largest absolute Gasteiger partial charge is 0.383 e. The summed E-state index contributed by atoms with van der Waals surface area (Å²) in [6.07, 6.45) is 3.29. The van der Waals surface area contributed by atoms with E-state index in [1.165, 1.54) is 6.20 Å². The first-order valence-electron chi connectivity index (χ1n) is 12.0. The topological polar surface area (TPSA) is 131 Å². The lowest BCUT2D eigenvalue weighted by molar-refractivity contribution is -0.119. The number of hydrogen-bond acceptors (Lipinski definition) is 8. The highest BCUT2D eigenvalue weighted by Gasteiger charge is 2.36. The number of carbonyl (C=O) groups is 1. The van der Waals surface area contributed by atoms with Crippen molar-refractivity contribution in [1.82, 2.24) is 21.0 Å². The first-order chi connectivity index (χ1) is 17.9. The number of anilines is 2. The number of hydrazine groups is 2. The molecule has 196 valence electrons. The number of benzene rings is 2. The number of nitriles is 1. The first-order valence-corrected chi connectivity index (χ1v) is 12.8. The summed E-state index contributed by atoms with van der Waals surface area (Å²) in [5, 5.41) is 20.0. The second kappa shape index (κ2) is 10.6. The second-order valence-corrected chi connectivity index (χ2v) is 11.3. The van der Waals surface area contributed by atoms with E-state index in [9.17, 15) is 10.1 Å². The number of amides is 1. The standard InChI is InChI=1S/C26H29BCl2N8O/c1-25(2,3)14-33-23-15(10-30)11-32-24-17(23)8-16(9-20(24)29)34-26(27,18-6-4-5-7-19(18)28)21-12-37(36-35-21)13-22(31)38/h4-9,11-12,34-36H,13-14,27H2,1-3H3,(H2,31,38)(H,32,33). The quantitative estimate of drug-likeness (QED) is 0.270. The Hall–Kier alpha value is -3.65. The van der Waals surface area contributed by atoms with E-state index in [-0.39, 0.29) is 12.0 Å². The molecule has 12 heteroatoms. The first kappa shape index (κ1) is 27.4. The molecule has 1 amide bonds. The highest BCUT2D eigenvalue weighted by atomic mass is 35.5. The van der Waals surface area contributed by atoms with Crippen molar-refractivity contribution >= 4 is 59.2 Å². The number of primary amides is 1. The molecule has 2 aromatic carbocycles. The summed E-state index contributed by atoms with van der Waals surface area (Å²) < 4.78 is 0. The van der Waals surface area contributed by atoms with Gasteiger partial charge in [0.25, 0.3) is 0 Å². The van der Waals surface area contributed by atoms with Crippen molar-refractivity contribution in [3.8, 4) is 6.07 Å². The van der Waals surface area contributed by atoms with E-state index in [0.717, 1.165) is 5.56 Å². The summed E-state index contributed by atoms with van der Waals surface area (Å²) in [5.74, 6) is -0.485. The number of fused-ring (bicyclic) bond motifs is 1. The van der Waals surface area contributed by atoms with Crippen LogP contribution < -0.4 is 27.3 Å². The van der Waals surface area contributed by atoms with Gasteiger partial charge in [-0.1, -0.05) is 62.2 Å². The lowest BCUT2D eigenvalue weighted by Gasteiger charge is -2.34. The van der Waals surface area contributed by atoms with E-state index in [1.807, 2.05) is 38.2 Å². The summed E-state index contributed by atoms with van der Waals surface area (Å²) >= 11 is 13.4. The van der Waals surface area contributed by atoms with Gasteiger partial charge in [0.15, 0.2) is 0 Å². The Balaban J connectivity index is 1.84. The van der Waals surface area contributed by atoms with Crippen LogP contribution in [0.5, 0.6) is 0 Å². The number of pyridine rings is 1. The normalized spacial score (nSPS) is 14.8. The van der Waals surface area contributed by atoms with Gasteiger partial charge in [0.05, 0.1) is 32.9 Å². The maximum absolute atomic E-state index is 11.5. The average Bonchev–Trinajstić information content (AvgIpc) is 3.30. The van der Waals surface area contributed by atoms with Crippen molar-refractivity contribution in [1.29, 1.82) is 5.26 Å². The molecule has 1 aromatic heterocycles. The predicted molar refractivity (Wildman–Crippen MR) is 155 cm³/mol. The minimum Gasteiger partial charge on any atom is -0.383 e. The van der Waals surface area contributed by atoms with E-state index in [4.69, 9.17) is 28.9 Å². The van der Waals surface area contributed by atoms with Crippen LogP contribution in [0.25, 0.3) is 10.9 Å². The number of rotatable bonds is 8. The number of nitrogens with two attached hydrogens (primary N) is 1. The van der Waals surface area contributed by atoms with Gasteiger partial charge in [-0.25, -0.2) is 0 Å². The van der Waals surface area contributed by atoms with Gasteiger partial charge in [-0.2, -0.15) is 5.26 Å². The average molecular weight is 551 g/mol. The lowest BCUT2D eigenvalue weighted by atomic mass is 9.69. The zero-order chi connectivity index (χ0) is 27.7. The molecule has 0 radical (unpaired) electrons. The molecule has 38 heavy (non-hydrogen) atoms. The van der Waals surface area contributed by atoms with Gasteiger partial charge in [0.1, 0.15) is 20.5 Å². The minimum atomic E-state index is -0.895. The third kappa shape index (κ3) is 5.75. The van der Waals surface area contributed by atoms with Crippen LogP contribution in [0.3, 0.4) is 0 Å². The molecule has 1 aliphatic rings. The number of carbonyl (C=O) groups excluding carboxylic acids is 1. The fraction of sp³-hybridized carbons (Fsp3) is 0.269. The Morgan fingerprint density at radius 2 is 1.97 bits per heavy atom. The van der Waals surface area contributed by atoms with E-state index in [2.05, 4.69) is 53.4 Å². The molecule has 1 atom stereocenters. The molecule has 1 unspecified atom stereocenters. The summed E-state index contributed by atoms with van der Waals surface area (Å²) in [5.41, 5.74) is 14.4. The number of halogens is 2. The lowest BCUT2D eigenvalue weighted by Crippen LogP contribution is -2.46. The Bertz CT molecular complexity index is 1470. The van der Waals surface area contributed by atoms with E-state index < -0.39 is 11.3 Å². The van der Waals surface area contributed by atoms with Gasteiger partial charge in [0.2, 0.25) is 5.91 Å². The molecule has 1 aliphatic heterocycles. The molecular weight excluding hydrogens is 522 g/mol. The zero-order valence-electron chi connectivity index (χ0n) is 21.6. The van der Waals surface area contributed by atoms with Gasteiger partial charge in [-0.3, -0.25) is 14.8 Å². The summed E-state index contributed by atoms with van der Waals surface area (Å²) in [7, 11) is 1.96. The van der Waals surface area contributed by atoms with Crippen LogP contribution in [-0.2, 0) is 10.2 Å². The molecular formula is C26H29BCl2N8O. The SMILES string of the molecule is BC(Nc1cc(Cl)c2ncc(C#N)c(NCC(C)(C)C)c2c1)(C1=CN(CC(N)=O)NN1)c1ccccc1Cl. The molecule has 2 heterocycles.